The predicted octanol–water partition coefficient (Wildman–Crippen LogP) is 2.87. The number of nitrogens with one attached hydrogen (secondary N) is 1. The fourth-order valence-corrected chi connectivity index (χ4v) is 6.05. The van der Waals surface area contributed by atoms with Crippen molar-refractivity contribution in [3.05, 3.63) is 58.9 Å². The molecular formula is C27H39N5O. The second kappa shape index (κ2) is 10.1. The van der Waals surface area contributed by atoms with Crippen molar-refractivity contribution < 1.29 is 4.74 Å². The summed E-state index contributed by atoms with van der Waals surface area (Å²) in [5.41, 5.74) is 7.16. The highest BCUT2D eigenvalue weighted by Crippen LogP contribution is 2.34. The molecule has 2 aromatic rings. The molecule has 0 saturated carbocycles. The Kier molecular flexibility index (Phi) is 6.97. The van der Waals surface area contributed by atoms with E-state index in [1.165, 1.54) is 47.3 Å². The van der Waals surface area contributed by atoms with E-state index in [1.54, 1.807) is 0 Å². The molecule has 1 saturated heterocycles. The van der Waals surface area contributed by atoms with E-state index in [-0.39, 0.29) is 0 Å². The topological polar surface area (TPSA) is 43.9 Å². The van der Waals surface area contributed by atoms with Crippen LogP contribution in [0.5, 0.6) is 0 Å². The molecule has 1 N–H and O–H groups in total. The maximum Gasteiger partial charge on any atom is 0.0635 e. The molecule has 0 spiro atoms. The highest BCUT2D eigenvalue weighted by molar-refractivity contribution is 5.58. The summed E-state index contributed by atoms with van der Waals surface area (Å²) in [6.45, 7) is 5.98. The lowest BCUT2D eigenvalue weighted by molar-refractivity contribution is 0.0986. The first kappa shape index (κ1) is 22.8. The third kappa shape index (κ3) is 4.80. The van der Waals surface area contributed by atoms with Gasteiger partial charge in [0.05, 0.1) is 24.4 Å². The minimum absolute atomic E-state index is 0.431. The van der Waals surface area contributed by atoms with Crippen LogP contribution in [0.2, 0.25) is 0 Å². The van der Waals surface area contributed by atoms with Crippen molar-refractivity contribution in [3.8, 4) is 0 Å². The van der Waals surface area contributed by atoms with Gasteiger partial charge in [0.1, 0.15) is 0 Å². The number of hydrogen-bond acceptors (Lipinski definition) is 6. The third-order valence-electron chi connectivity index (χ3n) is 7.96. The molecule has 3 aliphatic rings. The number of fused-ring (bicyclic) bond motifs is 2. The maximum absolute atomic E-state index is 5.50. The lowest BCUT2D eigenvalue weighted by atomic mass is 9.89. The van der Waals surface area contributed by atoms with Gasteiger partial charge in [0.15, 0.2) is 0 Å². The van der Waals surface area contributed by atoms with Crippen LogP contribution in [0.25, 0.3) is 0 Å². The molecule has 6 nitrogen and oxygen atoms in total. The van der Waals surface area contributed by atoms with Crippen molar-refractivity contribution in [1.29, 1.82) is 0 Å². The van der Waals surface area contributed by atoms with Crippen LogP contribution in [0.1, 0.15) is 41.3 Å². The van der Waals surface area contributed by atoms with Gasteiger partial charge in [0.25, 0.3) is 0 Å². The van der Waals surface area contributed by atoms with Crippen molar-refractivity contribution in [2.24, 2.45) is 0 Å². The predicted molar refractivity (Wildman–Crippen MR) is 134 cm³/mol. The van der Waals surface area contributed by atoms with Crippen LogP contribution in [0, 0.1) is 0 Å². The van der Waals surface area contributed by atoms with Gasteiger partial charge >= 0.3 is 0 Å². The molecular weight excluding hydrogens is 410 g/mol. The molecule has 5 rings (SSSR count). The van der Waals surface area contributed by atoms with Crippen molar-refractivity contribution in [2.45, 2.75) is 50.4 Å². The third-order valence-corrected chi connectivity index (χ3v) is 7.96. The Balaban J connectivity index is 1.30. The summed E-state index contributed by atoms with van der Waals surface area (Å²) in [4.78, 5) is 12.3. The van der Waals surface area contributed by atoms with Gasteiger partial charge < -0.3 is 15.0 Å². The molecule has 0 unspecified atom stereocenters. The first-order chi connectivity index (χ1) is 16.1. The normalized spacial score (nSPS) is 25.7. The lowest BCUT2D eigenvalue weighted by Crippen LogP contribution is -2.54. The molecule has 178 valence electrons. The van der Waals surface area contributed by atoms with Crippen LogP contribution < -0.4 is 10.2 Å². The number of anilines is 1. The number of likely N-dealkylation sites (N-methyl/N-ethyl adjacent to an activating group) is 2. The average molecular weight is 450 g/mol. The SMILES string of the molecule is COC[C@@H]1CN(c2cccc3c2C[C@@H](CN(C)[C@H]2CCCc4cccnc42)NC3)CCN1C. The van der Waals surface area contributed by atoms with Crippen LogP contribution in [0.3, 0.4) is 0 Å². The summed E-state index contributed by atoms with van der Waals surface area (Å²) >= 11 is 0. The van der Waals surface area contributed by atoms with Crippen molar-refractivity contribution in [3.63, 3.8) is 0 Å². The minimum atomic E-state index is 0.431. The molecule has 0 bridgehead atoms. The largest absolute Gasteiger partial charge is 0.383 e. The average Bonchev–Trinajstić information content (AvgIpc) is 2.85. The number of piperazine rings is 1. The quantitative estimate of drug-likeness (QED) is 0.732. The Labute approximate surface area is 198 Å². The summed E-state index contributed by atoms with van der Waals surface area (Å²) in [5, 5.41) is 3.83. The Morgan fingerprint density at radius 3 is 2.94 bits per heavy atom. The van der Waals surface area contributed by atoms with Gasteiger partial charge in [-0.3, -0.25) is 14.8 Å². The van der Waals surface area contributed by atoms with E-state index >= 15 is 0 Å². The molecule has 0 radical (unpaired) electrons. The van der Waals surface area contributed by atoms with Crippen LogP contribution >= 0.6 is 0 Å². The Hall–Kier alpha value is -1.99. The van der Waals surface area contributed by atoms with E-state index in [2.05, 4.69) is 64.4 Å². The molecule has 1 aromatic heterocycles. The summed E-state index contributed by atoms with van der Waals surface area (Å²) in [6, 6.07) is 12.5. The Morgan fingerprint density at radius 1 is 1.18 bits per heavy atom. The monoisotopic (exact) mass is 449 g/mol. The fourth-order valence-electron chi connectivity index (χ4n) is 6.05. The van der Waals surface area contributed by atoms with Gasteiger partial charge in [-0.1, -0.05) is 18.2 Å². The highest BCUT2D eigenvalue weighted by Gasteiger charge is 2.30. The number of aromatic nitrogens is 1. The van der Waals surface area contributed by atoms with Gasteiger partial charge in [-0.2, -0.15) is 0 Å². The number of aryl methyl sites for hydroxylation is 1. The van der Waals surface area contributed by atoms with Gasteiger partial charge in [-0.05, 0) is 68.6 Å². The second-order valence-electron chi connectivity index (χ2n) is 10.1. The minimum Gasteiger partial charge on any atom is -0.383 e. The molecule has 6 heteroatoms. The maximum atomic E-state index is 5.50. The molecule has 3 heterocycles. The Morgan fingerprint density at radius 2 is 2.06 bits per heavy atom. The molecule has 3 atom stereocenters. The molecule has 2 aliphatic heterocycles. The number of benzene rings is 1. The van der Waals surface area contributed by atoms with E-state index < -0.39 is 0 Å². The van der Waals surface area contributed by atoms with E-state index in [1.807, 2.05) is 13.3 Å². The van der Waals surface area contributed by atoms with Crippen LogP contribution in [0.4, 0.5) is 5.69 Å². The molecule has 1 fully saturated rings. The standard InChI is InChI=1S/C27H39N5O/c1-30-13-14-32(18-23(30)19-33-3)25-10-5-8-21-16-29-22(15-24(21)25)17-31(2)26-11-4-7-20-9-6-12-28-27(20)26/h5-6,8-10,12,22-23,26,29H,4,7,11,13-19H2,1-3H3/t22-,23-,26-/m0/s1. The molecule has 33 heavy (non-hydrogen) atoms. The van der Waals surface area contributed by atoms with Crippen LogP contribution in [-0.4, -0.2) is 80.9 Å². The lowest BCUT2D eigenvalue weighted by Gasteiger charge is -2.42. The van der Waals surface area contributed by atoms with Crippen molar-refractivity contribution >= 4 is 5.69 Å². The zero-order valence-electron chi connectivity index (χ0n) is 20.5. The van der Waals surface area contributed by atoms with E-state index in [9.17, 15) is 0 Å². The zero-order valence-corrected chi connectivity index (χ0v) is 20.5. The van der Waals surface area contributed by atoms with Crippen LogP contribution in [-0.2, 0) is 24.1 Å². The first-order valence-electron chi connectivity index (χ1n) is 12.6. The zero-order chi connectivity index (χ0) is 22.8. The van der Waals surface area contributed by atoms with Crippen molar-refractivity contribution in [1.82, 2.24) is 20.1 Å². The number of hydrogen-bond donors (Lipinski definition) is 1. The summed E-state index contributed by atoms with van der Waals surface area (Å²) in [6.07, 6.45) is 6.67. The summed E-state index contributed by atoms with van der Waals surface area (Å²) in [7, 11) is 6.31. The number of methoxy groups -OCH3 is 1. The number of ether oxygens (including phenoxy) is 1. The first-order valence-corrected chi connectivity index (χ1v) is 12.6. The Bertz CT molecular complexity index is 950. The highest BCUT2D eigenvalue weighted by atomic mass is 16.5. The summed E-state index contributed by atoms with van der Waals surface area (Å²) in [5.74, 6) is 0. The number of pyridine rings is 1. The molecule has 0 amide bonds. The van der Waals surface area contributed by atoms with Crippen molar-refractivity contribution in [2.75, 3.05) is 58.9 Å². The van der Waals surface area contributed by atoms with Gasteiger partial charge in [-0.25, -0.2) is 0 Å². The van der Waals surface area contributed by atoms with Gasteiger partial charge in [0.2, 0.25) is 0 Å². The number of nitrogens with zero attached hydrogens (tertiary/aromatic N) is 4. The molecule has 1 aromatic carbocycles. The molecule has 1 aliphatic carbocycles. The summed E-state index contributed by atoms with van der Waals surface area (Å²) < 4.78 is 5.50. The fraction of sp³-hybridized carbons (Fsp3) is 0.593. The van der Waals surface area contributed by atoms with Gasteiger partial charge in [-0.15, -0.1) is 0 Å². The smallest absolute Gasteiger partial charge is 0.0635 e. The van der Waals surface area contributed by atoms with E-state index in [0.29, 0.717) is 18.1 Å². The van der Waals surface area contributed by atoms with E-state index in [0.717, 1.165) is 45.8 Å². The van der Waals surface area contributed by atoms with Gasteiger partial charge in [0, 0.05) is 57.8 Å². The van der Waals surface area contributed by atoms with Crippen LogP contribution in [0.15, 0.2) is 36.5 Å². The van der Waals surface area contributed by atoms with E-state index in [4.69, 9.17) is 9.72 Å². The second-order valence-corrected chi connectivity index (χ2v) is 10.1. The number of rotatable bonds is 6.